The molecule has 1 saturated heterocycles. The Balaban J connectivity index is 1.31. The molecule has 1 unspecified atom stereocenters. The highest BCUT2D eigenvalue weighted by atomic mass is 16.5. The number of fused-ring (bicyclic) bond motifs is 1. The van der Waals surface area contributed by atoms with E-state index < -0.39 is 5.60 Å². The van der Waals surface area contributed by atoms with Crippen molar-refractivity contribution in [1.82, 2.24) is 14.7 Å². The average molecular weight is 366 g/mol. The number of aryl methyl sites for hydroxylation is 1. The van der Waals surface area contributed by atoms with Crippen LogP contribution in [0.15, 0.2) is 30.5 Å². The molecule has 2 fully saturated rings. The average Bonchev–Trinajstić information content (AvgIpc) is 3.31. The number of Topliss-reactive ketones (excluding diaryl/α,β-unsaturated/α-hetero) is 1. The number of carbonyl (C=O) groups is 2. The Bertz CT molecular complexity index is 933. The number of hydrogen-bond donors (Lipinski definition) is 1. The van der Waals surface area contributed by atoms with Crippen molar-refractivity contribution in [2.45, 2.75) is 37.2 Å². The molecule has 0 radical (unpaired) electrons. The number of nitrogens with one attached hydrogen (secondary N) is 1. The number of ether oxygens (including phenoxy) is 1. The summed E-state index contributed by atoms with van der Waals surface area (Å²) in [7, 11) is 1.87. The Morgan fingerprint density at radius 3 is 2.96 bits per heavy atom. The van der Waals surface area contributed by atoms with E-state index in [1.807, 2.05) is 31.4 Å². The Morgan fingerprint density at radius 2 is 2.15 bits per heavy atom. The summed E-state index contributed by atoms with van der Waals surface area (Å²) in [5, 5.41) is 7.49. The lowest BCUT2D eigenvalue weighted by Gasteiger charge is -2.34. The predicted molar refractivity (Wildman–Crippen MR) is 99.1 cm³/mol. The van der Waals surface area contributed by atoms with E-state index in [4.69, 9.17) is 4.74 Å². The van der Waals surface area contributed by atoms with Gasteiger partial charge in [-0.15, -0.1) is 0 Å². The monoisotopic (exact) mass is 366 g/mol. The van der Waals surface area contributed by atoms with Crippen LogP contribution in [-0.2, 0) is 7.05 Å². The zero-order valence-corrected chi connectivity index (χ0v) is 15.3. The van der Waals surface area contributed by atoms with Crippen molar-refractivity contribution in [2.75, 3.05) is 18.4 Å². The summed E-state index contributed by atoms with van der Waals surface area (Å²) >= 11 is 0. The van der Waals surface area contributed by atoms with Crippen molar-refractivity contribution >= 4 is 17.5 Å². The third-order valence-corrected chi connectivity index (χ3v) is 5.66. The molecule has 1 aromatic heterocycles. The SMILES string of the molecule is Cn1cc(NC(=O)N2CCC3(CC(=O)c4ccccc4O3)C2)c(C2CC2)n1. The number of nitrogens with zero attached hydrogens (tertiary/aromatic N) is 3. The quantitative estimate of drug-likeness (QED) is 0.887. The molecule has 1 spiro atoms. The Morgan fingerprint density at radius 1 is 1.33 bits per heavy atom. The molecule has 1 N–H and O–H groups in total. The van der Waals surface area contributed by atoms with Crippen molar-refractivity contribution in [2.24, 2.45) is 7.05 Å². The fraction of sp³-hybridized carbons (Fsp3) is 0.450. The summed E-state index contributed by atoms with van der Waals surface area (Å²) in [6.45, 7) is 0.984. The number of rotatable bonds is 2. The molecule has 7 nitrogen and oxygen atoms in total. The number of ketones is 1. The van der Waals surface area contributed by atoms with Gasteiger partial charge in [0.2, 0.25) is 0 Å². The molecule has 1 aliphatic carbocycles. The van der Waals surface area contributed by atoms with Crippen molar-refractivity contribution in [3.8, 4) is 5.75 Å². The molecule has 2 aromatic rings. The molecule has 2 amide bonds. The van der Waals surface area contributed by atoms with E-state index in [-0.39, 0.29) is 11.8 Å². The normalized spacial score (nSPS) is 24.0. The molecule has 1 aromatic carbocycles. The van der Waals surface area contributed by atoms with Crippen LogP contribution in [0.5, 0.6) is 5.75 Å². The minimum Gasteiger partial charge on any atom is -0.484 e. The first-order valence-electron chi connectivity index (χ1n) is 9.44. The van der Waals surface area contributed by atoms with E-state index in [0.29, 0.717) is 43.2 Å². The summed E-state index contributed by atoms with van der Waals surface area (Å²) in [5.41, 5.74) is 1.78. The second-order valence-electron chi connectivity index (χ2n) is 7.86. The molecule has 27 heavy (non-hydrogen) atoms. The molecular weight excluding hydrogens is 344 g/mol. The fourth-order valence-electron chi connectivity index (χ4n) is 4.14. The number of benzene rings is 1. The maximum absolute atomic E-state index is 12.8. The number of para-hydroxylation sites is 1. The molecule has 3 heterocycles. The number of urea groups is 1. The highest BCUT2D eigenvalue weighted by Gasteiger charge is 2.47. The highest BCUT2D eigenvalue weighted by molar-refractivity contribution is 6.00. The van der Waals surface area contributed by atoms with Gasteiger partial charge in [0.15, 0.2) is 5.78 Å². The van der Waals surface area contributed by atoms with Gasteiger partial charge in [0.1, 0.15) is 11.4 Å². The van der Waals surface area contributed by atoms with E-state index >= 15 is 0 Å². The van der Waals surface area contributed by atoms with Crippen LogP contribution in [0.2, 0.25) is 0 Å². The summed E-state index contributed by atoms with van der Waals surface area (Å²) in [6.07, 6.45) is 5.08. The van der Waals surface area contributed by atoms with Crippen molar-refractivity contribution in [1.29, 1.82) is 0 Å². The van der Waals surface area contributed by atoms with Crippen molar-refractivity contribution in [3.05, 3.63) is 41.7 Å². The molecule has 0 bridgehead atoms. The summed E-state index contributed by atoms with van der Waals surface area (Å²) < 4.78 is 7.94. The Kier molecular flexibility index (Phi) is 3.54. The molecule has 1 saturated carbocycles. The summed E-state index contributed by atoms with van der Waals surface area (Å²) in [6, 6.07) is 7.18. The first-order chi connectivity index (χ1) is 13.0. The van der Waals surface area contributed by atoms with Gasteiger partial charge < -0.3 is 15.0 Å². The van der Waals surface area contributed by atoms with E-state index in [9.17, 15) is 9.59 Å². The van der Waals surface area contributed by atoms with Crippen LogP contribution in [-0.4, -0.2) is 45.2 Å². The van der Waals surface area contributed by atoms with E-state index in [2.05, 4.69) is 10.4 Å². The maximum Gasteiger partial charge on any atom is 0.322 e. The van der Waals surface area contributed by atoms with Crippen LogP contribution in [0.3, 0.4) is 0 Å². The molecule has 140 valence electrons. The highest BCUT2D eigenvalue weighted by Crippen LogP contribution is 2.43. The number of likely N-dealkylation sites (tertiary alicyclic amines) is 1. The Hall–Kier alpha value is -2.83. The van der Waals surface area contributed by atoms with Gasteiger partial charge in [-0.2, -0.15) is 5.10 Å². The predicted octanol–water partition coefficient (Wildman–Crippen LogP) is 2.94. The van der Waals surface area contributed by atoms with Crippen molar-refractivity contribution in [3.63, 3.8) is 0 Å². The molecular formula is C20H22N4O3. The molecule has 1 atom stereocenters. The third-order valence-electron chi connectivity index (χ3n) is 5.66. The summed E-state index contributed by atoms with van der Waals surface area (Å²) in [4.78, 5) is 27.1. The third kappa shape index (κ3) is 2.87. The lowest BCUT2D eigenvalue weighted by atomic mass is 9.89. The first kappa shape index (κ1) is 16.4. The summed E-state index contributed by atoms with van der Waals surface area (Å²) in [5.74, 6) is 1.17. The largest absolute Gasteiger partial charge is 0.484 e. The van der Waals surface area contributed by atoms with E-state index in [0.717, 1.165) is 24.2 Å². The van der Waals surface area contributed by atoms with Gasteiger partial charge in [-0.05, 0) is 25.0 Å². The number of anilines is 1. The molecule has 3 aliphatic rings. The standard InChI is InChI=1S/C20H22N4O3/c1-23-11-15(18(22-23)13-6-7-13)21-19(26)24-9-8-20(12-24)10-16(25)14-4-2-3-5-17(14)27-20/h2-5,11,13H,6-10,12H2,1H3,(H,21,26). The van der Waals surface area contributed by atoms with Crippen LogP contribution >= 0.6 is 0 Å². The van der Waals surface area contributed by atoms with Crippen LogP contribution in [0.1, 0.15) is 47.7 Å². The van der Waals surface area contributed by atoms with E-state index in [1.165, 1.54) is 0 Å². The van der Waals surface area contributed by atoms with Crippen LogP contribution < -0.4 is 10.1 Å². The lowest BCUT2D eigenvalue weighted by Crippen LogP contribution is -2.46. The zero-order valence-electron chi connectivity index (χ0n) is 15.3. The van der Waals surface area contributed by atoms with Gasteiger partial charge in [-0.25, -0.2) is 4.79 Å². The van der Waals surface area contributed by atoms with Crippen LogP contribution in [0.4, 0.5) is 10.5 Å². The van der Waals surface area contributed by atoms with Crippen molar-refractivity contribution < 1.29 is 14.3 Å². The van der Waals surface area contributed by atoms with E-state index in [1.54, 1.807) is 15.6 Å². The second kappa shape index (κ2) is 5.84. The van der Waals surface area contributed by atoms with Gasteiger partial charge >= 0.3 is 6.03 Å². The first-order valence-corrected chi connectivity index (χ1v) is 9.44. The molecule has 2 aliphatic heterocycles. The van der Waals surface area contributed by atoms with Gasteiger partial charge in [0.25, 0.3) is 0 Å². The minimum absolute atomic E-state index is 0.0855. The van der Waals surface area contributed by atoms with Crippen LogP contribution in [0.25, 0.3) is 0 Å². The number of amides is 2. The van der Waals surface area contributed by atoms with Gasteiger partial charge in [0.05, 0.1) is 29.9 Å². The topological polar surface area (TPSA) is 76.5 Å². The smallest absolute Gasteiger partial charge is 0.322 e. The maximum atomic E-state index is 12.8. The fourth-order valence-corrected chi connectivity index (χ4v) is 4.14. The molecule has 7 heteroatoms. The lowest BCUT2D eigenvalue weighted by molar-refractivity contribution is 0.0482. The van der Waals surface area contributed by atoms with Gasteiger partial charge in [-0.3, -0.25) is 9.48 Å². The number of aromatic nitrogens is 2. The Labute approximate surface area is 157 Å². The zero-order chi connectivity index (χ0) is 18.6. The van der Waals surface area contributed by atoms with Crippen LogP contribution in [0, 0.1) is 0 Å². The van der Waals surface area contributed by atoms with Gasteiger partial charge in [-0.1, -0.05) is 12.1 Å². The second-order valence-corrected chi connectivity index (χ2v) is 7.86. The molecule has 5 rings (SSSR count). The number of hydrogen-bond acceptors (Lipinski definition) is 4. The number of carbonyl (C=O) groups excluding carboxylic acids is 2. The van der Waals surface area contributed by atoms with Gasteiger partial charge in [0, 0.05) is 32.1 Å². The minimum atomic E-state index is -0.614.